The predicted molar refractivity (Wildman–Crippen MR) is 256 cm³/mol. The lowest BCUT2D eigenvalue weighted by Crippen LogP contribution is -2.28. The fraction of sp³-hybridized carbons (Fsp3) is 0.100. The van der Waals surface area contributed by atoms with Crippen LogP contribution in [0.5, 0.6) is 0 Å². The third-order valence-corrected chi connectivity index (χ3v) is 13.5. The Bertz CT molecular complexity index is 3050. The summed E-state index contributed by atoms with van der Waals surface area (Å²) in [5, 5.41) is 0. The molecule has 0 fully saturated rings. The average molecular weight is 782 g/mol. The van der Waals surface area contributed by atoms with Crippen LogP contribution in [-0.4, -0.2) is 0 Å². The first-order valence-corrected chi connectivity index (χ1v) is 21.5. The zero-order valence-electron chi connectivity index (χ0n) is 35.2. The summed E-state index contributed by atoms with van der Waals surface area (Å²) in [6.07, 6.45) is 0. The topological polar surface area (TPSA) is 3.24 Å². The molecule has 0 aromatic heterocycles. The maximum absolute atomic E-state index is 2.50. The summed E-state index contributed by atoms with van der Waals surface area (Å²) in [6.45, 7) is 9.07. The fourth-order valence-electron chi connectivity index (χ4n) is 10.6. The van der Waals surface area contributed by atoms with Gasteiger partial charge in [-0.25, -0.2) is 0 Å². The molecular formula is C60H47N. The molecular weight excluding hydrogens is 735 g/mol. The van der Waals surface area contributed by atoms with Crippen molar-refractivity contribution in [2.24, 2.45) is 0 Å². The van der Waals surface area contributed by atoms with E-state index in [9.17, 15) is 0 Å². The molecule has 1 nitrogen and oxygen atoms in total. The molecule has 0 aliphatic heterocycles. The van der Waals surface area contributed by atoms with Crippen LogP contribution in [-0.2, 0) is 10.8 Å². The van der Waals surface area contributed by atoms with Gasteiger partial charge in [0.15, 0.2) is 0 Å². The summed E-state index contributed by atoms with van der Waals surface area (Å²) in [5.74, 6) is 0. The third-order valence-electron chi connectivity index (χ3n) is 13.5. The summed E-state index contributed by atoms with van der Waals surface area (Å²) in [5.41, 5.74) is 23.1. The highest BCUT2D eigenvalue weighted by atomic mass is 15.1. The van der Waals surface area contributed by atoms with Crippen molar-refractivity contribution in [2.75, 3.05) is 4.90 Å². The van der Waals surface area contributed by atoms with Gasteiger partial charge in [0.1, 0.15) is 0 Å². The molecule has 0 atom stereocenters. The second-order valence-corrected chi connectivity index (χ2v) is 17.4. The van der Waals surface area contributed by atoms with Crippen molar-refractivity contribution in [1.82, 2.24) is 0 Å². The normalized spacial score (nSPS) is 13.8. The lowest BCUT2D eigenvalue weighted by Gasteiger charge is -2.35. The number of nitrogens with zero attached hydrogens (tertiary/aromatic N) is 1. The highest BCUT2D eigenvalue weighted by Gasteiger charge is 2.48. The van der Waals surface area contributed by atoms with Gasteiger partial charge in [-0.15, -0.1) is 0 Å². The molecule has 0 amide bonds. The second-order valence-electron chi connectivity index (χ2n) is 17.4. The van der Waals surface area contributed by atoms with E-state index in [1.165, 1.54) is 89.0 Å². The molecule has 61 heavy (non-hydrogen) atoms. The Labute approximate surface area is 360 Å². The molecule has 2 aliphatic carbocycles. The van der Waals surface area contributed by atoms with E-state index in [1.807, 2.05) is 0 Å². The summed E-state index contributed by atoms with van der Waals surface area (Å²) in [4.78, 5) is 2.47. The van der Waals surface area contributed by atoms with Crippen LogP contribution < -0.4 is 4.90 Å². The number of hydrogen-bond donors (Lipinski definition) is 0. The van der Waals surface area contributed by atoms with Gasteiger partial charge in [-0.05, 0) is 128 Å². The van der Waals surface area contributed by atoms with Gasteiger partial charge in [0.05, 0.1) is 5.41 Å². The van der Waals surface area contributed by atoms with Crippen molar-refractivity contribution in [3.63, 3.8) is 0 Å². The SMILES string of the molecule is Cc1ccc(-c2c(-c3ccccc3)ccc3c2-c2ccc(N(c4ccc(C)cc4)c4ccc5c(c4)C(C)(C)c4ccccc4-5)cc2C3(c2ccccc2)c2ccccc2)cc1. The quantitative estimate of drug-likeness (QED) is 0.156. The van der Waals surface area contributed by atoms with Crippen LogP contribution in [0.1, 0.15) is 58.4 Å². The van der Waals surface area contributed by atoms with Crippen LogP contribution in [0, 0.1) is 13.8 Å². The molecule has 11 rings (SSSR count). The number of anilines is 3. The lowest BCUT2D eigenvalue weighted by molar-refractivity contribution is 0.660. The maximum atomic E-state index is 2.50. The molecule has 0 unspecified atom stereocenters. The Morgan fingerprint density at radius 3 is 1.46 bits per heavy atom. The molecule has 0 N–H and O–H groups in total. The first-order chi connectivity index (χ1) is 29.8. The monoisotopic (exact) mass is 781 g/mol. The van der Waals surface area contributed by atoms with Gasteiger partial charge >= 0.3 is 0 Å². The smallest absolute Gasteiger partial charge is 0.0714 e. The van der Waals surface area contributed by atoms with Crippen LogP contribution in [0.3, 0.4) is 0 Å². The zero-order chi connectivity index (χ0) is 41.3. The van der Waals surface area contributed by atoms with Crippen LogP contribution in [0.15, 0.2) is 212 Å². The van der Waals surface area contributed by atoms with Gasteiger partial charge in [-0.1, -0.05) is 201 Å². The van der Waals surface area contributed by atoms with Gasteiger partial charge in [0, 0.05) is 22.5 Å². The van der Waals surface area contributed by atoms with Gasteiger partial charge in [-0.3, -0.25) is 0 Å². The number of benzene rings is 9. The lowest BCUT2D eigenvalue weighted by atomic mass is 9.67. The second kappa shape index (κ2) is 14.2. The van der Waals surface area contributed by atoms with Crippen molar-refractivity contribution in [3.05, 3.63) is 257 Å². The summed E-state index contributed by atoms with van der Waals surface area (Å²) in [6, 6.07) is 79.5. The summed E-state index contributed by atoms with van der Waals surface area (Å²) >= 11 is 0. The molecule has 0 spiro atoms. The van der Waals surface area contributed by atoms with E-state index in [0.717, 1.165) is 17.1 Å². The van der Waals surface area contributed by atoms with Crippen molar-refractivity contribution in [2.45, 2.75) is 38.5 Å². The molecule has 9 aromatic rings. The molecule has 0 radical (unpaired) electrons. The Hall–Kier alpha value is -7.22. The first-order valence-electron chi connectivity index (χ1n) is 21.5. The van der Waals surface area contributed by atoms with E-state index in [-0.39, 0.29) is 5.41 Å². The highest BCUT2D eigenvalue weighted by molar-refractivity contribution is 6.02. The average Bonchev–Trinajstić information content (AvgIpc) is 3.73. The molecule has 0 bridgehead atoms. The van der Waals surface area contributed by atoms with E-state index in [0.29, 0.717) is 0 Å². The largest absolute Gasteiger partial charge is 0.310 e. The summed E-state index contributed by atoms with van der Waals surface area (Å²) < 4.78 is 0. The predicted octanol–water partition coefficient (Wildman–Crippen LogP) is 15.8. The van der Waals surface area contributed by atoms with Crippen molar-refractivity contribution >= 4 is 17.1 Å². The molecule has 292 valence electrons. The first kappa shape index (κ1) is 36.8. The van der Waals surface area contributed by atoms with Crippen molar-refractivity contribution in [1.29, 1.82) is 0 Å². The van der Waals surface area contributed by atoms with Crippen LogP contribution >= 0.6 is 0 Å². The van der Waals surface area contributed by atoms with Gasteiger partial charge in [-0.2, -0.15) is 0 Å². The van der Waals surface area contributed by atoms with Crippen molar-refractivity contribution in [3.8, 4) is 44.5 Å². The number of rotatable bonds is 7. The Morgan fingerprint density at radius 2 is 0.820 bits per heavy atom. The number of hydrogen-bond acceptors (Lipinski definition) is 1. The van der Waals surface area contributed by atoms with E-state index < -0.39 is 5.41 Å². The molecule has 0 saturated heterocycles. The van der Waals surface area contributed by atoms with E-state index in [1.54, 1.807) is 0 Å². The van der Waals surface area contributed by atoms with Gasteiger partial charge in [0.25, 0.3) is 0 Å². The minimum Gasteiger partial charge on any atom is -0.310 e. The van der Waals surface area contributed by atoms with Crippen LogP contribution in [0.25, 0.3) is 44.5 Å². The fourth-order valence-corrected chi connectivity index (χ4v) is 10.6. The minimum atomic E-state index is -0.599. The van der Waals surface area contributed by atoms with E-state index in [2.05, 4.69) is 245 Å². The van der Waals surface area contributed by atoms with Crippen LogP contribution in [0.4, 0.5) is 17.1 Å². The third kappa shape index (κ3) is 5.68. The zero-order valence-corrected chi connectivity index (χ0v) is 35.2. The van der Waals surface area contributed by atoms with Gasteiger partial charge < -0.3 is 4.90 Å². The van der Waals surface area contributed by atoms with E-state index in [4.69, 9.17) is 0 Å². The summed E-state index contributed by atoms with van der Waals surface area (Å²) in [7, 11) is 0. The molecule has 1 heteroatoms. The Kier molecular flexibility index (Phi) is 8.58. The van der Waals surface area contributed by atoms with Crippen molar-refractivity contribution < 1.29 is 0 Å². The molecule has 9 aromatic carbocycles. The molecule has 2 aliphatic rings. The number of fused-ring (bicyclic) bond motifs is 6. The number of aryl methyl sites for hydroxylation is 2. The standard InChI is InChI=1S/C60H47N/c1-40-24-28-43(29-25-40)57-49(42-16-8-5-9-17-42)36-37-54-58(57)52-35-33-48(39-56(52)60(54,44-18-10-6-11-19-44)45-20-12-7-13-21-45)61(46-30-26-41(2)27-31-46)47-32-34-51-50-22-14-15-23-53(50)59(3,4)55(51)38-47/h5-39H,1-4H3. The maximum Gasteiger partial charge on any atom is 0.0714 e. The van der Waals surface area contributed by atoms with E-state index >= 15 is 0 Å². The molecule has 0 saturated carbocycles. The minimum absolute atomic E-state index is 0.126. The highest BCUT2D eigenvalue weighted by Crippen LogP contribution is 2.61. The molecule has 0 heterocycles. The van der Waals surface area contributed by atoms with Crippen LogP contribution in [0.2, 0.25) is 0 Å². The Morgan fingerprint density at radius 1 is 0.328 bits per heavy atom. The Balaban J connectivity index is 1.22. The van der Waals surface area contributed by atoms with Gasteiger partial charge in [0.2, 0.25) is 0 Å².